The van der Waals surface area contributed by atoms with Crippen molar-refractivity contribution in [2.24, 2.45) is 5.92 Å². The molecule has 4 heteroatoms. The zero-order chi connectivity index (χ0) is 13.8. The highest BCUT2D eigenvalue weighted by Crippen LogP contribution is 2.27. The van der Waals surface area contributed by atoms with Crippen LogP contribution in [0.2, 0.25) is 0 Å². The van der Waals surface area contributed by atoms with Gasteiger partial charge in [0.2, 0.25) is 0 Å². The Labute approximate surface area is 137 Å². The Hall–Kier alpha value is -0.100. The SMILES string of the molecule is CCC1CCCC(NC(=O)c2cc(Br)ccc2I)C1. The van der Waals surface area contributed by atoms with Gasteiger partial charge in [-0.2, -0.15) is 0 Å². The molecule has 1 saturated carbocycles. The minimum atomic E-state index is 0.0625. The van der Waals surface area contributed by atoms with E-state index in [1.54, 1.807) is 0 Å². The van der Waals surface area contributed by atoms with Gasteiger partial charge in [0.15, 0.2) is 0 Å². The first-order valence-corrected chi connectivity index (χ1v) is 8.73. The van der Waals surface area contributed by atoms with E-state index in [2.05, 4.69) is 50.8 Å². The van der Waals surface area contributed by atoms with Crippen LogP contribution >= 0.6 is 38.5 Å². The smallest absolute Gasteiger partial charge is 0.252 e. The van der Waals surface area contributed by atoms with Gasteiger partial charge in [-0.05, 0) is 59.5 Å². The Kier molecular flexibility index (Phi) is 5.69. The van der Waals surface area contributed by atoms with Crippen LogP contribution in [0.25, 0.3) is 0 Å². The largest absolute Gasteiger partial charge is 0.349 e. The lowest BCUT2D eigenvalue weighted by molar-refractivity contribution is 0.0918. The quantitative estimate of drug-likeness (QED) is 0.681. The fraction of sp³-hybridized carbons (Fsp3) is 0.533. The molecule has 0 aromatic heterocycles. The summed E-state index contributed by atoms with van der Waals surface area (Å²) in [6.07, 6.45) is 6.02. The number of carbonyl (C=O) groups is 1. The summed E-state index contributed by atoms with van der Waals surface area (Å²) in [5.41, 5.74) is 0.772. The summed E-state index contributed by atoms with van der Waals surface area (Å²) in [6.45, 7) is 2.24. The van der Waals surface area contributed by atoms with E-state index in [1.807, 2.05) is 18.2 Å². The van der Waals surface area contributed by atoms with E-state index in [9.17, 15) is 4.79 Å². The van der Waals surface area contributed by atoms with Gasteiger partial charge in [0.1, 0.15) is 0 Å². The van der Waals surface area contributed by atoms with E-state index in [0.29, 0.717) is 6.04 Å². The van der Waals surface area contributed by atoms with E-state index >= 15 is 0 Å². The molecule has 1 aromatic carbocycles. The molecule has 1 aliphatic rings. The average molecular weight is 436 g/mol. The molecular formula is C15H19BrINO. The second kappa shape index (κ2) is 7.07. The number of rotatable bonds is 3. The second-order valence-corrected chi connectivity index (χ2v) is 7.31. The molecule has 19 heavy (non-hydrogen) atoms. The highest BCUT2D eigenvalue weighted by atomic mass is 127. The van der Waals surface area contributed by atoms with Gasteiger partial charge >= 0.3 is 0 Å². The highest BCUT2D eigenvalue weighted by Gasteiger charge is 2.23. The zero-order valence-electron chi connectivity index (χ0n) is 11.1. The number of halogens is 2. The van der Waals surface area contributed by atoms with Crippen molar-refractivity contribution in [3.63, 3.8) is 0 Å². The van der Waals surface area contributed by atoms with Crippen molar-refractivity contribution >= 4 is 44.4 Å². The van der Waals surface area contributed by atoms with Crippen LogP contribution in [0, 0.1) is 9.49 Å². The van der Waals surface area contributed by atoms with Gasteiger partial charge in [-0.25, -0.2) is 0 Å². The van der Waals surface area contributed by atoms with Crippen LogP contribution < -0.4 is 5.32 Å². The molecule has 2 nitrogen and oxygen atoms in total. The van der Waals surface area contributed by atoms with Crippen molar-refractivity contribution < 1.29 is 4.79 Å². The number of carbonyl (C=O) groups excluding carboxylic acids is 1. The monoisotopic (exact) mass is 435 g/mol. The molecule has 1 N–H and O–H groups in total. The van der Waals surface area contributed by atoms with Crippen molar-refractivity contribution in [1.82, 2.24) is 5.32 Å². The van der Waals surface area contributed by atoms with E-state index in [1.165, 1.54) is 19.3 Å². The third kappa shape index (κ3) is 4.18. The molecular weight excluding hydrogens is 417 g/mol. The van der Waals surface area contributed by atoms with Crippen LogP contribution in [-0.4, -0.2) is 11.9 Å². The molecule has 0 spiro atoms. The maximum absolute atomic E-state index is 12.3. The molecule has 1 amide bonds. The third-order valence-corrected chi connectivity index (χ3v) is 5.30. The Morgan fingerprint density at radius 2 is 2.26 bits per heavy atom. The molecule has 0 bridgehead atoms. The Bertz CT molecular complexity index is 463. The molecule has 2 unspecified atom stereocenters. The fourth-order valence-corrected chi connectivity index (χ4v) is 3.67. The summed E-state index contributed by atoms with van der Waals surface area (Å²) in [5, 5.41) is 3.20. The number of nitrogens with one attached hydrogen (secondary N) is 1. The Morgan fingerprint density at radius 3 is 3.00 bits per heavy atom. The molecule has 0 radical (unpaired) electrons. The van der Waals surface area contributed by atoms with E-state index in [4.69, 9.17) is 0 Å². The van der Waals surface area contributed by atoms with Gasteiger partial charge in [0, 0.05) is 14.1 Å². The van der Waals surface area contributed by atoms with Gasteiger partial charge < -0.3 is 5.32 Å². The fourth-order valence-electron chi connectivity index (χ4n) is 2.73. The normalized spacial score (nSPS) is 23.1. The molecule has 2 atom stereocenters. The summed E-state index contributed by atoms with van der Waals surface area (Å²) < 4.78 is 1.95. The van der Waals surface area contributed by atoms with Crippen molar-refractivity contribution in [3.8, 4) is 0 Å². The lowest BCUT2D eigenvalue weighted by Gasteiger charge is -2.29. The predicted molar refractivity (Wildman–Crippen MR) is 90.4 cm³/mol. The van der Waals surface area contributed by atoms with Gasteiger partial charge in [0.25, 0.3) is 5.91 Å². The lowest BCUT2D eigenvalue weighted by Crippen LogP contribution is -2.38. The lowest BCUT2D eigenvalue weighted by atomic mass is 9.84. The highest BCUT2D eigenvalue weighted by molar-refractivity contribution is 14.1. The molecule has 1 aromatic rings. The van der Waals surface area contributed by atoms with Gasteiger partial charge in [-0.1, -0.05) is 42.1 Å². The van der Waals surface area contributed by atoms with E-state index in [0.717, 1.165) is 32.4 Å². The maximum Gasteiger partial charge on any atom is 0.252 e. The van der Waals surface area contributed by atoms with E-state index < -0.39 is 0 Å². The topological polar surface area (TPSA) is 29.1 Å². The standard InChI is InChI=1S/C15H19BrINO/c1-2-10-4-3-5-12(8-10)18-15(19)13-9-11(16)6-7-14(13)17/h6-7,9-10,12H,2-5,8H2,1H3,(H,18,19). The summed E-state index contributed by atoms with van der Waals surface area (Å²) >= 11 is 5.64. The van der Waals surface area contributed by atoms with Crippen molar-refractivity contribution in [3.05, 3.63) is 31.8 Å². The molecule has 1 aliphatic carbocycles. The molecule has 1 fully saturated rings. The average Bonchev–Trinajstić information content (AvgIpc) is 2.41. The second-order valence-electron chi connectivity index (χ2n) is 5.24. The summed E-state index contributed by atoms with van der Waals surface area (Å²) in [5.74, 6) is 0.841. The Balaban J connectivity index is 2.02. The van der Waals surface area contributed by atoms with Crippen LogP contribution in [0.4, 0.5) is 0 Å². The molecule has 0 aliphatic heterocycles. The maximum atomic E-state index is 12.3. The number of benzene rings is 1. The molecule has 104 valence electrons. The van der Waals surface area contributed by atoms with Crippen molar-refractivity contribution in [2.45, 2.75) is 45.1 Å². The van der Waals surface area contributed by atoms with Crippen LogP contribution in [0.1, 0.15) is 49.4 Å². The summed E-state index contributed by atoms with van der Waals surface area (Å²) in [4.78, 5) is 12.3. The van der Waals surface area contributed by atoms with Crippen LogP contribution in [-0.2, 0) is 0 Å². The minimum Gasteiger partial charge on any atom is -0.349 e. The number of hydrogen-bond donors (Lipinski definition) is 1. The van der Waals surface area contributed by atoms with Crippen LogP contribution in [0.3, 0.4) is 0 Å². The first-order valence-electron chi connectivity index (χ1n) is 6.86. The first kappa shape index (κ1) is 15.3. The van der Waals surface area contributed by atoms with Gasteiger partial charge in [-0.3, -0.25) is 4.79 Å². The van der Waals surface area contributed by atoms with Gasteiger partial charge in [-0.15, -0.1) is 0 Å². The zero-order valence-corrected chi connectivity index (χ0v) is 14.8. The first-order chi connectivity index (χ1) is 9.10. The Morgan fingerprint density at radius 1 is 1.47 bits per heavy atom. The predicted octanol–water partition coefficient (Wildman–Crippen LogP) is 4.75. The van der Waals surface area contributed by atoms with Crippen LogP contribution in [0.15, 0.2) is 22.7 Å². The van der Waals surface area contributed by atoms with E-state index in [-0.39, 0.29) is 5.91 Å². The third-order valence-electron chi connectivity index (χ3n) is 3.87. The molecule has 0 heterocycles. The minimum absolute atomic E-state index is 0.0625. The summed E-state index contributed by atoms with van der Waals surface area (Å²) in [7, 11) is 0. The number of hydrogen-bond acceptors (Lipinski definition) is 1. The van der Waals surface area contributed by atoms with Crippen molar-refractivity contribution in [1.29, 1.82) is 0 Å². The van der Waals surface area contributed by atoms with Gasteiger partial charge in [0.05, 0.1) is 5.56 Å². The van der Waals surface area contributed by atoms with Crippen LogP contribution in [0.5, 0.6) is 0 Å². The molecule has 2 rings (SSSR count). The molecule has 0 saturated heterocycles. The van der Waals surface area contributed by atoms with Crippen molar-refractivity contribution in [2.75, 3.05) is 0 Å². The number of amides is 1. The summed E-state index contributed by atoms with van der Waals surface area (Å²) in [6, 6.07) is 6.18.